The summed E-state index contributed by atoms with van der Waals surface area (Å²) < 4.78 is 0. The topological polar surface area (TPSA) is 15.3 Å². The minimum atomic E-state index is 0.688. The first-order valence-corrected chi connectivity index (χ1v) is 7.49. The Balaban J connectivity index is 2.17. The van der Waals surface area contributed by atoms with Crippen LogP contribution in [0.4, 0.5) is 0 Å². The molecule has 0 bridgehead atoms. The molecule has 1 aliphatic heterocycles. The van der Waals surface area contributed by atoms with E-state index in [1.165, 1.54) is 38.8 Å². The van der Waals surface area contributed by atoms with Gasteiger partial charge in [0.2, 0.25) is 0 Å². The highest BCUT2D eigenvalue weighted by Gasteiger charge is 2.21. The van der Waals surface area contributed by atoms with Crippen molar-refractivity contribution in [2.75, 3.05) is 13.1 Å². The lowest BCUT2D eigenvalue weighted by Crippen LogP contribution is -2.47. The third-order valence-electron chi connectivity index (χ3n) is 3.96. The molecule has 1 rings (SSSR count). The lowest BCUT2D eigenvalue weighted by molar-refractivity contribution is 0.156. The molecule has 0 aromatic carbocycles. The van der Waals surface area contributed by atoms with Crippen LogP contribution in [0.5, 0.6) is 0 Å². The molecule has 1 N–H and O–H groups in total. The number of rotatable bonds is 6. The normalized spacial score (nSPS) is 21.4. The number of piperidine rings is 1. The van der Waals surface area contributed by atoms with Crippen molar-refractivity contribution in [3.05, 3.63) is 0 Å². The van der Waals surface area contributed by atoms with Crippen LogP contribution in [-0.4, -0.2) is 36.1 Å². The van der Waals surface area contributed by atoms with Gasteiger partial charge in [0.15, 0.2) is 0 Å². The van der Waals surface area contributed by atoms with Gasteiger partial charge in [-0.15, -0.1) is 0 Å². The Bertz CT molecular complexity index is 193. The Morgan fingerprint density at radius 2 is 1.59 bits per heavy atom. The average molecular weight is 240 g/mol. The van der Waals surface area contributed by atoms with Crippen molar-refractivity contribution in [1.82, 2.24) is 10.2 Å². The fourth-order valence-electron chi connectivity index (χ4n) is 2.65. The molecule has 0 aromatic heterocycles. The molecule has 1 fully saturated rings. The molecule has 1 atom stereocenters. The molecule has 0 aliphatic carbocycles. The SMILES string of the molecule is CC(C)CCC(C)NC1CCN(C(C)C)CC1. The highest BCUT2D eigenvalue weighted by molar-refractivity contribution is 4.80. The quantitative estimate of drug-likeness (QED) is 0.766. The van der Waals surface area contributed by atoms with Crippen LogP contribution in [0.2, 0.25) is 0 Å². The summed E-state index contributed by atoms with van der Waals surface area (Å²) in [6.07, 6.45) is 5.31. The Morgan fingerprint density at radius 3 is 2.06 bits per heavy atom. The molecule has 0 radical (unpaired) electrons. The standard InChI is InChI=1S/C15H32N2/c1-12(2)6-7-14(5)16-15-8-10-17(11-9-15)13(3)4/h12-16H,6-11H2,1-5H3. The summed E-state index contributed by atoms with van der Waals surface area (Å²) in [5, 5.41) is 3.81. The number of hydrogen-bond donors (Lipinski definition) is 1. The molecular formula is C15H32N2. The Kier molecular flexibility index (Phi) is 6.50. The van der Waals surface area contributed by atoms with Crippen molar-refractivity contribution in [3.63, 3.8) is 0 Å². The molecule has 1 heterocycles. The van der Waals surface area contributed by atoms with Crippen molar-refractivity contribution >= 4 is 0 Å². The van der Waals surface area contributed by atoms with Gasteiger partial charge < -0.3 is 10.2 Å². The Morgan fingerprint density at radius 1 is 1.00 bits per heavy atom. The Labute approximate surface area is 108 Å². The second-order valence-electron chi connectivity index (χ2n) is 6.44. The summed E-state index contributed by atoms with van der Waals surface area (Å²) in [6.45, 7) is 14.1. The second-order valence-corrected chi connectivity index (χ2v) is 6.44. The maximum atomic E-state index is 3.81. The number of hydrogen-bond acceptors (Lipinski definition) is 2. The fourth-order valence-corrected chi connectivity index (χ4v) is 2.65. The fraction of sp³-hybridized carbons (Fsp3) is 1.00. The van der Waals surface area contributed by atoms with Gasteiger partial charge in [0, 0.05) is 18.1 Å². The molecule has 0 spiro atoms. The van der Waals surface area contributed by atoms with E-state index in [9.17, 15) is 0 Å². The van der Waals surface area contributed by atoms with Crippen LogP contribution in [-0.2, 0) is 0 Å². The van der Waals surface area contributed by atoms with E-state index >= 15 is 0 Å². The van der Waals surface area contributed by atoms with Crippen LogP contribution in [0.25, 0.3) is 0 Å². The van der Waals surface area contributed by atoms with Gasteiger partial charge in [-0.2, -0.15) is 0 Å². The minimum absolute atomic E-state index is 0.688. The molecule has 2 nitrogen and oxygen atoms in total. The van der Waals surface area contributed by atoms with Gasteiger partial charge in [-0.1, -0.05) is 13.8 Å². The average Bonchev–Trinajstić information content (AvgIpc) is 2.27. The van der Waals surface area contributed by atoms with E-state index in [4.69, 9.17) is 0 Å². The lowest BCUT2D eigenvalue weighted by atomic mass is 10.00. The van der Waals surface area contributed by atoms with Gasteiger partial charge in [-0.25, -0.2) is 0 Å². The van der Waals surface area contributed by atoms with Crippen molar-refractivity contribution in [1.29, 1.82) is 0 Å². The highest BCUT2D eigenvalue weighted by Crippen LogP contribution is 2.15. The first-order chi connectivity index (χ1) is 7.99. The van der Waals surface area contributed by atoms with E-state index in [2.05, 4.69) is 44.8 Å². The van der Waals surface area contributed by atoms with E-state index in [1.807, 2.05) is 0 Å². The molecule has 1 aliphatic rings. The second kappa shape index (κ2) is 7.38. The lowest BCUT2D eigenvalue weighted by Gasteiger charge is -2.36. The summed E-state index contributed by atoms with van der Waals surface area (Å²) >= 11 is 0. The highest BCUT2D eigenvalue weighted by atomic mass is 15.2. The van der Waals surface area contributed by atoms with Crippen molar-refractivity contribution in [2.24, 2.45) is 5.92 Å². The van der Waals surface area contributed by atoms with Crippen LogP contribution in [0.1, 0.15) is 60.3 Å². The predicted octanol–water partition coefficient (Wildman–Crippen LogP) is 3.27. The van der Waals surface area contributed by atoms with E-state index < -0.39 is 0 Å². The predicted molar refractivity (Wildman–Crippen MR) is 76.4 cm³/mol. The van der Waals surface area contributed by atoms with Crippen LogP contribution < -0.4 is 5.32 Å². The summed E-state index contributed by atoms with van der Waals surface area (Å²) in [5.74, 6) is 0.835. The monoisotopic (exact) mass is 240 g/mol. The van der Waals surface area contributed by atoms with Gasteiger partial charge in [0.1, 0.15) is 0 Å². The van der Waals surface area contributed by atoms with Crippen LogP contribution >= 0.6 is 0 Å². The number of nitrogens with one attached hydrogen (secondary N) is 1. The maximum absolute atomic E-state index is 3.81. The zero-order chi connectivity index (χ0) is 12.8. The Hall–Kier alpha value is -0.0800. The van der Waals surface area contributed by atoms with Gasteiger partial charge in [0.05, 0.1) is 0 Å². The summed E-state index contributed by atoms with van der Waals surface area (Å²) in [5.41, 5.74) is 0. The van der Waals surface area contributed by atoms with E-state index in [-0.39, 0.29) is 0 Å². The summed E-state index contributed by atoms with van der Waals surface area (Å²) in [7, 11) is 0. The van der Waals surface area contributed by atoms with Gasteiger partial charge in [-0.3, -0.25) is 0 Å². The maximum Gasteiger partial charge on any atom is 0.00938 e. The molecule has 102 valence electrons. The molecule has 0 aromatic rings. The molecule has 2 heteroatoms. The van der Waals surface area contributed by atoms with Crippen molar-refractivity contribution < 1.29 is 0 Å². The van der Waals surface area contributed by atoms with Gasteiger partial charge in [-0.05, 0) is 65.5 Å². The van der Waals surface area contributed by atoms with E-state index in [1.54, 1.807) is 0 Å². The third kappa shape index (κ3) is 5.87. The molecular weight excluding hydrogens is 208 g/mol. The van der Waals surface area contributed by atoms with Gasteiger partial charge >= 0.3 is 0 Å². The molecule has 1 saturated heterocycles. The van der Waals surface area contributed by atoms with Crippen LogP contribution in [0.15, 0.2) is 0 Å². The largest absolute Gasteiger partial charge is 0.311 e. The zero-order valence-electron chi connectivity index (χ0n) is 12.5. The first kappa shape index (κ1) is 15.0. The number of nitrogens with zero attached hydrogens (tertiary/aromatic N) is 1. The summed E-state index contributed by atoms with van der Waals surface area (Å²) in [4.78, 5) is 2.59. The zero-order valence-corrected chi connectivity index (χ0v) is 12.5. The van der Waals surface area contributed by atoms with Crippen molar-refractivity contribution in [3.8, 4) is 0 Å². The van der Waals surface area contributed by atoms with E-state index in [0.29, 0.717) is 12.1 Å². The third-order valence-corrected chi connectivity index (χ3v) is 3.96. The molecule has 0 amide bonds. The van der Waals surface area contributed by atoms with Crippen LogP contribution in [0, 0.1) is 5.92 Å². The molecule has 0 saturated carbocycles. The van der Waals surface area contributed by atoms with Crippen molar-refractivity contribution in [2.45, 2.75) is 78.4 Å². The molecule has 1 unspecified atom stereocenters. The van der Waals surface area contributed by atoms with Gasteiger partial charge in [0.25, 0.3) is 0 Å². The smallest absolute Gasteiger partial charge is 0.00938 e. The minimum Gasteiger partial charge on any atom is -0.311 e. The molecule has 17 heavy (non-hydrogen) atoms. The first-order valence-electron chi connectivity index (χ1n) is 7.49. The summed E-state index contributed by atoms with van der Waals surface area (Å²) in [6, 6.07) is 2.16. The number of likely N-dealkylation sites (tertiary alicyclic amines) is 1. The van der Waals surface area contributed by atoms with Crippen LogP contribution in [0.3, 0.4) is 0 Å². The van der Waals surface area contributed by atoms with E-state index in [0.717, 1.165) is 12.0 Å².